The number of carbonyl (C=O) groups excluding carboxylic acids is 3. The minimum atomic E-state index is -0.198. The standard InChI is InChI=1S/C19H22N4O4/c1-13-11-17(27-21-13)19(26)23-9-7-22(8-10-23)18(25)12-15-3-5-16(6-4-15)20-14(2)24/h3-6,11H,7-10,12H2,1-2H3,(H,20,24). The van der Waals surface area contributed by atoms with Crippen LogP contribution in [0.4, 0.5) is 5.69 Å². The molecule has 1 aliphatic heterocycles. The number of carbonyl (C=O) groups is 3. The number of aromatic nitrogens is 1. The van der Waals surface area contributed by atoms with Crippen molar-refractivity contribution in [1.82, 2.24) is 15.0 Å². The van der Waals surface area contributed by atoms with Gasteiger partial charge in [0.1, 0.15) is 0 Å². The highest BCUT2D eigenvalue weighted by Crippen LogP contribution is 2.13. The molecule has 0 atom stereocenters. The summed E-state index contributed by atoms with van der Waals surface area (Å²) < 4.78 is 5.02. The average Bonchev–Trinajstić information content (AvgIpc) is 3.09. The molecule has 1 fully saturated rings. The van der Waals surface area contributed by atoms with Crippen LogP contribution in [0.25, 0.3) is 0 Å². The zero-order chi connectivity index (χ0) is 19.4. The molecule has 142 valence electrons. The second-order valence-corrected chi connectivity index (χ2v) is 6.56. The van der Waals surface area contributed by atoms with E-state index in [0.717, 1.165) is 5.56 Å². The van der Waals surface area contributed by atoms with Crippen molar-refractivity contribution in [3.63, 3.8) is 0 Å². The van der Waals surface area contributed by atoms with Crippen molar-refractivity contribution >= 4 is 23.4 Å². The Morgan fingerprint density at radius 2 is 1.70 bits per heavy atom. The third kappa shape index (κ3) is 4.72. The van der Waals surface area contributed by atoms with Gasteiger partial charge < -0.3 is 19.6 Å². The molecule has 0 unspecified atom stereocenters. The highest BCUT2D eigenvalue weighted by atomic mass is 16.5. The monoisotopic (exact) mass is 370 g/mol. The van der Waals surface area contributed by atoms with Gasteiger partial charge in [-0.25, -0.2) is 0 Å². The maximum atomic E-state index is 12.5. The van der Waals surface area contributed by atoms with Gasteiger partial charge in [0.15, 0.2) is 0 Å². The predicted molar refractivity (Wildman–Crippen MR) is 98.2 cm³/mol. The molecular weight excluding hydrogens is 348 g/mol. The van der Waals surface area contributed by atoms with Crippen LogP contribution in [0.15, 0.2) is 34.9 Å². The molecule has 27 heavy (non-hydrogen) atoms. The van der Waals surface area contributed by atoms with Crippen molar-refractivity contribution < 1.29 is 18.9 Å². The Morgan fingerprint density at radius 3 is 2.26 bits per heavy atom. The van der Waals surface area contributed by atoms with Gasteiger partial charge in [-0.15, -0.1) is 0 Å². The smallest absolute Gasteiger partial charge is 0.292 e. The molecule has 1 aliphatic rings. The molecule has 0 aliphatic carbocycles. The third-order valence-corrected chi connectivity index (χ3v) is 4.39. The molecule has 0 radical (unpaired) electrons. The Labute approximate surface area is 157 Å². The first-order valence-electron chi connectivity index (χ1n) is 8.79. The summed E-state index contributed by atoms with van der Waals surface area (Å²) in [5, 5.41) is 6.43. The lowest BCUT2D eigenvalue weighted by Crippen LogP contribution is -2.50. The van der Waals surface area contributed by atoms with Crippen LogP contribution in [0.2, 0.25) is 0 Å². The summed E-state index contributed by atoms with van der Waals surface area (Å²) in [5.74, 6) is -0.0839. The first-order valence-corrected chi connectivity index (χ1v) is 8.79. The molecule has 0 bridgehead atoms. The van der Waals surface area contributed by atoms with Gasteiger partial charge in [0.05, 0.1) is 12.1 Å². The fourth-order valence-corrected chi connectivity index (χ4v) is 2.97. The maximum absolute atomic E-state index is 12.5. The van der Waals surface area contributed by atoms with E-state index in [2.05, 4.69) is 10.5 Å². The fraction of sp³-hybridized carbons (Fsp3) is 0.368. The quantitative estimate of drug-likeness (QED) is 0.879. The highest BCUT2D eigenvalue weighted by Gasteiger charge is 2.26. The second kappa shape index (κ2) is 8.03. The predicted octanol–water partition coefficient (Wildman–Crippen LogP) is 1.47. The summed E-state index contributed by atoms with van der Waals surface area (Å²) in [6.45, 7) is 5.12. The summed E-state index contributed by atoms with van der Waals surface area (Å²) in [7, 11) is 0. The Balaban J connectivity index is 1.51. The average molecular weight is 370 g/mol. The van der Waals surface area contributed by atoms with E-state index in [0.29, 0.717) is 37.6 Å². The largest absolute Gasteiger partial charge is 0.351 e. The lowest BCUT2D eigenvalue weighted by Gasteiger charge is -2.34. The number of piperazine rings is 1. The third-order valence-electron chi connectivity index (χ3n) is 4.39. The first kappa shape index (κ1) is 18.6. The maximum Gasteiger partial charge on any atom is 0.292 e. The molecule has 8 nitrogen and oxygen atoms in total. The summed E-state index contributed by atoms with van der Waals surface area (Å²) in [4.78, 5) is 39.3. The van der Waals surface area contributed by atoms with E-state index in [-0.39, 0.29) is 29.9 Å². The molecule has 3 amide bonds. The van der Waals surface area contributed by atoms with Gasteiger partial charge in [0, 0.05) is 44.9 Å². The van der Waals surface area contributed by atoms with Gasteiger partial charge in [0.25, 0.3) is 5.91 Å². The minimum Gasteiger partial charge on any atom is -0.351 e. The Morgan fingerprint density at radius 1 is 1.07 bits per heavy atom. The summed E-state index contributed by atoms with van der Waals surface area (Å²) in [6.07, 6.45) is 0.287. The van der Waals surface area contributed by atoms with Crippen molar-refractivity contribution in [2.75, 3.05) is 31.5 Å². The van der Waals surface area contributed by atoms with Gasteiger partial charge in [-0.2, -0.15) is 0 Å². The molecular formula is C19H22N4O4. The lowest BCUT2D eigenvalue weighted by atomic mass is 10.1. The van der Waals surface area contributed by atoms with E-state index in [1.165, 1.54) is 6.92 Å². The van der Waals surface area contributed by atoms with Crippen molar-refractivity contribution in [3.05, 3.63) is 47.3 Å². The number of benzene rings is 1. The van der Waals surface area contributed by atoms with Gasteiger partial charge in [-0.05, 0) is 24.6 Å². The molecule has 2 heterocycles. The Bertz CT molecular complexity index is 836. The molecule has 1 saturated heterocycles. The second-order valence-electron chi connectivity index (χ2n) is 6.56. The number of hydrogen-bond acceptors (Lipinski definition) is 5. The van der Waals surface area contributed by atoms with Crippen LogP contribution in [-0.4, -0.2) is 58.9 Å². The van der Waals surface area contributed by atoms with E-state index >= 15 is 0 Å². The topological polar surface area (TPSA) is 95.8 Å². The van der Waals surface area contributed by atoms with Gasteiger partial charge in [-0.3, -0.25) is 14.4 Å². The number of hydrogen-bond donors (Lipinski definition) is 1. The Hall–Kier alpha value is -3.16. The van der Waals surface area contributed by atoms with Gasteiger partial charge in [-0.1, -0.05) is 17.3 Å². The number of nitrogens with one attached hydrogen (secondary N) is 1. The zero-order valence-corrected chi connectivity index (χ0v) is 15.4. The van der Waals surface area contributed by atoms with Crippen LogP contribution in [0, 0.1) is 6.92 Å². The molecule has 2 aromatic rings. The number of nitrogens with zero attached hydrogens (tertiary/aromatic N) is 3. The van der Waals surface area contributed by atoms with Crippen molar-refractivity contribution in [2.45, 2.75) is 20.3 Å². The normalized spacial score (nSPS) is 14.1. The molecule has 0 spiro atoms. The van der Waals surface area contributed by atoms with Crippen LogP contribution >= 0.6 is 0 Å². The van der Waals surface area contributed by atoms with Crippen LogP contribution in [-0.2, 0) is 16.0 Å². The number of amides is 3. The number of anilines is 1. The fourth-order valence-electron chi connectivity index (χ4n) is 2.97. The molecule has 0 saturated carbocycles. The SMILES string of the molecule is CC(=O)Nc1ccc(CC(=O)N2CCN(C(=O)c3cc(C)no3)CC2)cc1. The molecule has 1 N–H and O–H groups in total. The van der Waals surface area contributed by atoms with Gasteiger partial charge >= 0.3 is 0 Å². The van der Waals surface area contributed by atoms with Crippen LogP contribution in [0.3, 0.4) is 0 Å². The van der Waals surface area contributed by atoms with E-state index in [4.69, 9.17) is 4.52 Å². The van der Waals surface area contributed by atoms with Gasteiger partial charge in [0.2, 0.25) is 17.6 Å². The summed E-state index contributed by atoms with van der Waals surface area (Å²) in [6, 6.07) is 8.83. The van der Waals surface area contributed by atoms with Crippen LogP contribution in [0.5, 0.6) is 0 Å². The number of aryl methyl sites for hydroxylation is 1. The molecule has 1 aromatic carbocycles. The van der Waals surface area contributed by atoms with Crippen LogP contribution < -0.4 is 5.32 Å². The van der Waals surface area contributed by atoms with Crippen molar-refractivity contribution in [2.24, 2.45) is 0 Å². The lowest BCUT2D eigenvalue weighted by molar-refractivity contribution is -0.132. The molecule has 3 rings (SSSR count). The van der Waals surface area contributed by atoms with E-state index in [1.54, 1.807) is 34.9 Å². The highest BCUT2D eigenvalue weighted by molar-refractivity contribution is 5.91. The molecule has 1 aromatic heterocycles. The molecule has 8 heteroatoms. The zero-order valence-electron chi connectivity index (χ0n) is 15.4. The van der Waals surface area contributed by atoms with Crippen molar-refractivity contribution in [3.8, 4) is 0 Å². The first-order chi connectivity index (χ1) is 12.9. The summed E-state index contributed by atoms with van der Waals surface area (Å²) in [5.41, 5.74) is 2.25. The number of rotatable bonds is 4. The van der Waals surface area contributed by atoms with E-state index < -0.39 is 0 Å². The van der Waals surface area contributed by atoms with E-state index in [1.807, 2.05) is 12.1 Å². The van der Waals surface area contributed by atoms with Crippen LogP contribution in [0.1, 0.15) is 28.7 Å². The van der Waals surface area contributed by atoms with E-state index in [9.17, 15) is 14.4 Å². The summed E-state index contributed by atoms with van der Waals surface area (Å²) >= 11 is 0. The van der Waals surface area contributed by atoms with Crippen molar-refractivity contribution in [1.29, 1.82) is 0 Å². The Kier molecular flexibility index (Phi) is 5.54. The minimum absolute atomic E-state index is 0.0184.